The van der Waals surface area contributed by atoms with Crippen molar-refractivity contribution in [3.05, 3.63) is 30.1 Å². The minimum Gasteiger partial charge on any atom is -0.280 e. The Morgan fingerprint density at radius 1 is 1.58 bits per heavy atom. The van der Waals surface area contributed by atoms with Crippen molar-refractivity contribution in [1.29, 1.82) is 0 Å². The van der Waals surface area contributed by atoms with E-state index in [0.29, 0.717) is 0 Å². The van der Waals surface area contributed by atoms with E-state index >= 15 is 0 Å². The van der Waals surface area contributed by atoms with E-state index in [4.69, 9.17) is 0 Å². The van der Waals surface area contributed by atoms with Gasteiger partial charge < -0.3 is 0 Å². The number of rotatable bonds is 1. The van der Waals surface area contributed by atoms with Crippen LogP contribution in [0, 0.1) is 6.92 Å². The molecule has 0 saturated carbocycles. The first kappa shape index (κ1) is 7.03. The van der Waals surface area contributed by atoms with Gasteiger partial charge in [-0.05, 0) is 18.6 Å². The molecule has 0 saturated heterocycles. The van der Waals surface area contributed by atoms with Crippen molar-refractivity contribution in [2.24, 2.45) is 0 Å². The van der Waals surface area contributed by atoms with E-state index in [0.717, 1.165) is 22.3 Å². The molecule has 1 N–H and O–H groups in total. The van der Waals surface area contributed by atoms with Crippen molar-refractivity contribution in [3.8, 4) is 0 Å². The zero-order valence-electron chi connectivity index (χ0n) is 6.83. The molecule has 0 atom stereocenters. The Labute approximate surface area is 70.1 Å². The minimum absolute atomic E-state index is 0.762. The number of hydrogen-bond donors (Lipinski definition) is 1. The Morgan fingerprint density at radius 2 is 2.42 bits per heavy atom. The van der Waals surface area contributed by atoms with Crippen molar-refractivity contribution in [2.45, 2.75) is 6.92 Å². The second kappa shape index (κ2) is 2.44. The highest BCUT2D eigenvalue weighted by Crippen LogP contribution is 2.14. The van der Waals surface area contributed by atoms with E-state index in [-0.39, 0.29) is 0 Å². The average Bonchev–Trinajstić information content (AvgIpc) is 2.47. The highest BCUT2D eigenvalue weighted by molar-refractivity contribution is 5.79. The van der Waals surface area contributed by atoms with Gasteiger partial charge in [-0.2, -0.15) is 5.10 Å². The molecule has 60 valence electrons. The third kappa shape index (κ3) is 0.906. The topological polar surface area (TPSA) is 41.6 Å². The van der Waals surface area contributed by atoms with Gasteiger partial charge in [-0.15, -0.1) is 0 Å². The largest absolute Gasteiger partial charge is 0.280 e. The van der Waals surface area contributed by atoms with E-state index < -0.39 is 0 Å². The van der Waals surface area contributed by atoms with Crippen molar-refractivity contribution in [3.63, 3.8) is 0 Å². The Bertz CT molecular complexity index is 428. The van der Waals surface area contributed by atoms with E-state index in [2.05, 4.69) is 21.8 Å². The molecule has 0 amide bonds. The van der Waals surface area contributed by atoms with Gasteiger partial charge in [-0.25, -0.2) is 4.98 Å². The molecule has 0 aliphatic carbocycles. The first-order valence-electron chi connectivity index (χ1n) is 3.74. The summed E-state index contributed by atoms with van der Waals surface area (Å²) in [4.78, 5) is 4.16. The fourth-order valence-electron chi connectivity index (χ4n) is 1.15. The summed E-state index contributed by atoms with van der Waals surface area (Å²) in [6.07, 6.45) is 3.54. The first-order valence-corrected chi connectivity index (χ1v) is 3.74. The molecule has 0 spiro atoms. The van der Waals surface area contributed by atoms with Crippen molar-refractivity contribution in [1.82, 2.24) is 15.2 Å². The SMILES string of the molecule is C=Cc1cnc2n[nH]c(C)c2c1. The highest BCUT2D eigenvalue weighted by Gasteiger charge is 2.01. The summed E-state index contributed by atoms with van der Waals surface area (Å²) in [5, 5.41) is 7.97. The number of fused-ring (bicyclic) bond motifs is 1. The molecule has 0 bridgehead atoms. The lowest BCUT2D eigenvalue weighted by Crippen LogP contribution is -1.78. The van der Waals surface area contributed by atoms with Crippen LogP contribution in [-0.4, -0.2) is 15.2 Å². The normalized spacial score (nSPS) is 10.4. The first-order chi connectivity index (χ1) is 5.81. The average molecular weight is 159 g/mol. The summed E-state index contributed by atoms with van der Waals surface area (Å²) in [5.41, 5.74) is 2.83. The Morgan fingerprint density at radius 3 is 3.17 bits per heavy atom. The van der Waals surface area contributed by atoms with Crippen LogP contribution in [0.3, 0.4) is 0 Å². The summed E-state index contributed by atoms with van der Waals surface area (Å²) in [5.74, 6) is 0. The molecule has 2 aromatic heterocycles. The molecule has 0 fully saturated rings. The molecular weight excluding hydrogens is 150 g/mol. The maximum Gasteiger partial charge on any atom is 0.181 e. The van der Waals surface area contributed by atoms with Crippen LogP contribution in [0.1, 0.15) is 11.3 Å². The summed E-state index contributed by atoms with van der Waals surface area (Å²) < 4.78 is 0. The van der Waals surface area contributed by atoms with E-state index in [1.807, 2.05) is 13.0 Å². The summed E-state index contributed by atoms with van der Waals surface area (Å²) in [6, 6.07) is 2.02. The molecule has 0 aliphatic rings. The fraction of sp³-hybridized carbons (Fsp3) is 0.111. The maximum absolute atomic E-state index is 4.16. The van der Waals surface area contributed by atoms with Gasteiger partial charge in [-0.3, -0.25) is 5.10 Å². The van der Waals surface area contributed by atoms with Crippen LogP contribution < -0.4 is 0 Å². The summed E-state index contributed by atoms with van der Waals surface area (Å²) in [6.45, 7) is 5.66. The fourth-order valence-corrected chi connectivity index (χ4v) is 1.15. The van der Waals surface area contributed by atoms with Crippen molar-refractivity contribution >= 4 is 17.1 Å². The number of pyridine rings is 1. The quantitative estimate of drug-likeness (QED) is 0.690. The molecule has 12 heavy (non-hydrogen) atoms. The Kier molecular flexibility index (Phi) is 1.43. The smallest absolute Gasteiger partial charge is 0.181 e. The number of aromatic nitrogens is 3. The lowest BCUT2D eigenvalue weighted by molar-refractivity contribution is 1.05. The molecule has 3 heteroatoms. The third-order valence-corrected chi connectivity index (χ3v) is 1.86. The molecule has 2 aromatic rings. The zero-order chi connectivity index (χ0) is 8.55. The van der Waals surface area contributed by atoms with Gasteiger partial charge in [0.25, 0.3) is 0 Å². The van der Waals surface area contributed by atoms with Gasteiger partial charge in [0.1, 0.15) is 0 Å². The van der Waals surface area contributed by atoms with Crippen LogP contribution in [0.25, 0.3) is 17.1 Å². The van der Waals surface area contributed by atoms with Gasteiger partial charge in [0, 0.05) is 17.3 Å². The molecule has 0 aliphatic heterocycles. The van der Waals surface area contributed by atoms with Crippen LogP contribution in [0.2, 0.25) is 0 Å². The molecule has 0 unspecified atom stereocenters. The summed E-state index contributed by atoms with van der Waals surface area (Å²) >= 11 is 0. The Hall–Kier alpha value is -1.64. The number of nitrogens with one attached hydrogen (secondary N) is 1. The van der Waals surface area contributed by atoms with E-state index in [9.17, 15) is 0 Å². The number of nitrogens with zero attached hydrogens (tertiary/aromatic N) is 2. The summed E-state index contributed by atoms with van der Waals surface area (Å²) in [7, 11) is 0. The van der Waals surface area contributed by atoms with Crippen LogP contribution in [-0.2, 0) is 0 Å². The number of aromatic amines is 1. The van der Waals surface area contributed by atoms with Crippen LogP contribution >= 0.6 is 0 Å². The molecule has 0 aromatic carbocycles. The third-order valence-electron chi connectivity index (χ3n) is 1.86. The molecule has 0 radical (unpaired) electrons. The number of aryl methyl sites for hydroxylation is 1. The predicted molar refractivity (Wildman–Crippen MR) is 48.7 cm³/mol. The lowest BCUT2D eigenvalue weighted by Gasteiger charge is -1.91. The van der Waals surface area contributed by atoms with Gasteiger partial charge in [-0.1, -0.05) is 12.7 Å². The molecular formula is C9H9N3. The van der Waals surface area contributed by atoms with Gasteiger partial charge in [0.15, 0.2) is 5.65 Å². The maximum atomic E-state index is 4.16. The van der Waals surface area contributed by atoms with E-state index in [1.54, 1.807) is 12.3 Å². The van der Waals surface area contributed by atoms with Gasteiger partial charge in [0.05, 0.1) is 0 Å². The lowest BCUT2D eigenvalue weighted by atomic mass is 10.2. The van der Waals surface area contributed by atoms with Gasteiger partial charge in [0.2, 0.25) is 0 Å². The monoisotopic (exact) mass is 159 g/mol. The zero-order valence-corrected chi connectivity index (χ0v) is 6.83. The van der Waals surface area contributed by atoms with Crippen LogP contribution in [0.15, 0.2) is 18.8 Å². The number of H-pyrrole nitrogens is 1. The van der Waals surface area contributed by atoms with Crippen molar-refractivity contribution in [2.75, 3.05) is 0 Å². The predicted octanol–water partition coefficient (Wildman–Crippen LogP) is 1.91. The minimum atomic E-state index is 0.762. The van der Waals surface area contributed by atoms with Gasteiger partial charge >= 0.3 is 0 Å². The molecule has 2 heterocycles. The van der Waals surface area contributed by atoms with Crippen molar-refractivity contribution < 1.29 is 0 Å². The second-order valence-corrected chi connectivity index (χ2v) is 2.69. The number of hydrogen-bond acceptors (Lipinski definition) is 2. The van der Waals surface area contributed by atoms with E-state index in [1.165, 1.54) is 0 Å². The molecule has 3 nitrogen and oxygen atoms in total. The Balaban J connectivity index is 2.79. The van der Waals surface area contributed by atoms with Crippen LogP contribution in [0.4, 0.5) is 0 Å². The molecule has 2 rings (SSSR count). The second-order valence-electron chi connectivity index (χ2n) is 2.69. The van der Waals surface area contributed by atoms with Crippen LogP contribution in [0.5, 0.6) is 0 Å². The standard InChI is InChI=1S/C9H9N3/c1-3-7-4-8-6(2)11-12-9(8)10-5-7/h3-5H,1H2,2H3,(H,10,11,12). The highest BCUT2D eigenvalue weighted by atomic mass is 15.1.